The van der Waals surface area contributed by atoms with Crippen molar-refractivity contribution in [3.8, 4) is 0 Å². The summed E-state index contributed by atoms with van der Waals surface area (Å²) in [5, 5.41) is 3.03. The average Bonchev–Trinajstić information content (AvgIpc) is 2.24. The molecule has 0 aliphatic heterocycles. The molecule has 0 fully saturated rings. The van der Waals surface area contributed by atoms with E-state index in [0.717, 1.165) is 5.52 Å². The Hall–Kier alpha value is -1.62. The summed E-state index contributed by atoms with van der Waals surface area (Å²) >= 11 is 2.74. The normalized spacial score (nSPS) is 10.4. The Balaban J connectivity index is 2.76. The van der Waals surface area contributed by atoms with Crippen molar-refractivity contribution >= 4 is 37.3 Å². The smallest absolute Gasteiger partial charge is 0.291 e. The largest absolute Gasteiger partial charge is 0.357 e. The van der Waals surface area contributed by atoms with E-state index in [2.05, 4.69) is 26.2 Å². The molecule has 0 spiro atoms. The Morgan fingerprint density at radius 2 is 2.06 bits per heavy atom. The third-order valence-electron chi connectivity index (χ3n) is 2.32. The fourth-order valence-electron chi connectivity index (χ4n) is 1.61. The third kappa shape index (κ3) is 1.86. The number of hydrogen-bond acceptors (Lipinski definition) is 2. The Bertz CT molecular complexity index is 619. The van der Waals surface area contributed by atoms with Crippen LogP contribution in [0.25, 0.3) is 10.9 Å². The second kappa shape index (κ2) is 4.09. The second-order valence-electron chi connectivity index (χ2n) is 3.40. The Morgan fingerprint density at radius 1 is 1.38 bits per heavy atom. The fraction of sp³-hybridized carbons (Fsp3) is 0.0909. The van der Waals surface area contributed by atoms with E-state index < -0.39 is 4.82 Å². The lowest BCUT2D eigenvalue weighted by Gasteiger charge is -2.07. The van der Waals surface area contributed by atoms with Gasteiger partial charge in [0.25, 0.3) is 4.82 Å². The van der Waals surface area contributed by atoms with Crippen molar-refractivity contribution < 1.29 is 4.79 Å². The van der Waals surface area contributed by atoms with Gasteiger partial charge >= 0.3 is 0 Å². The zero-order chi connectivity index (χ0) is 11.7. The molecule has 4 nitrogen and oxygen atoms in total. The van der Waals surface area contributed by atoms with E-state index in [0.29, 0.717) is 11.1 Å². The van der Waals surface area contributed by atoms with Crippen molar-refractivity contribution in [2.45, 2.75) is 6.92 Å². The number of fused-ring (bicyclic) bond motifs is 1. The van der Waals surface area contributed by atoms with Crippen LogP contribution in [0.4, 0.5) is 10.5 Å². The molecular formula is C11H9BrN2O2. The van der Waals surface area contributed by atoms with Crippen LogP contribution in [0.3, 0.4) is 0 Å². The zero-order valence-electron chi connectivity index (χ0n) is 8.50. The summed E-state index contributed by atoms with van der Waals surface area (Å²) in [7, 11) is 0. The van der Waals surface area contributed by atoms with Gasteiger partial charge in [-0.15, -0.1) is 0 Å². The Kier molecular flexibility index (Phi) is 2.78. The number of nitrogens with one attached hydrogen (secondary N) is 2. The van der Waals surface area contributed by atoms with Crippen LogP contribution in [0.1, 0.15) is 5.69 Å². The molecule has 0 unspecified atom stereocenters. The minimum atomic E-state index is -0.434. The maximum absolute atomic E-state index is 12.0. The van der Waals surface area contributed by atoms with Crippen molar-refractivity contribution in [2.75, 3.05) is 5.32 Å². The van der Waals surface area contributed by atoms with E-state index in [4.69, 9.17) is 0 Å². The number of pyridine rings is 1. The Labute approximate surface area is 99.8 Å². The minimum absolute atomic E-state index is 0.181. The molecule has 16 heavy (non-hydrogen) atoms. The van der Waals surface area contributed by atoms with Gasteiger partial charge in [-0.25, -0.2) is 0 Å². The average molecular weight is 281 g/mol. The van der Waals surface area contributed by atoms with Gasteiger partial charge in [-0.2, -0.15) is 0 Å². The van der Waals surface area contributed by atoms with Gasteiger partial charge in [0, 0.05) is 32.5 Å². The van der Waals surface area contributed by atoms with Gasteiger partial charge in [0.2, 0.25) is 5.43 Å². The molecule has 0 bridgehead atoms. The highest BCUT2D eigenvalue weighted by molar-refractivity contribution is 9.18. The molecule has 1 aromatic carbocycles. The van der Waals surface area contributed by atoms with Crippen molar-refractivity contribution in [1.82, 2.24) is 4.98 Å². The van der Waals surface area contributed by atoms with Crippen LogP contribution in [0.5, 0.6) is 0 Å². The molecule has 2 rings (SSSR count). The third-order valence-corrected chi connectivity index (χ3v) is 2.52. The molecule has 0 saturated carbocycles. The number of aromatic amines is 1. The van der Waals surface area contributed by atoms with Crippen LogP contribution in [-0.2, 0) is 0 Å². The molecule has 82 valence electrons. The first-order chi connectivity index (χ1) is 7.59. The number of halogens is 1. The highest BCUT2D eigenvalue weighted by Crippen LogP contribution is 2.14. The lowest BCUT2D eigenvalue weighted by molar-refractivity contribution is 0.270. The van der Waals surface area contributed by atoms with Crippen LogP contribution in [-0.4, -0.2) is 9.80 Å². The summed E-state index contributed by atoms with van der Waals surface area (Å²) in [6, 6.07) is 7.17. The van der Waals surface area contributed by atoms with Gasteiger partial charge in [-0.3, -0.25) is 9.59 Å². The number of benzene rings is 1. The summed E-state index contributed by atoms with van der Waals surface area (Å²) in [6.45, 7) is 1.74. The maximum atomic E-state index is 12.0. The number of carbonyl (C=O) groups is 1. The Morgan fingerprint density at radius 3 is 2.75 bits per heavy atom. The maximum Gasteiger partial charge on any atom is 0.291 e. The van der Waals surface area contributed by atoms with Crippen molar-refractivity contribution in [1.29, 1.82) is 0 Å². The van der Waals surface area contributed by atoms with Gasteiger partial charge in [0.15, 0.2) is 0 Å². The molecule has 0 aliphatic carbocycles. The molecule has 2 N–H and O–H groups in total. The zero-order valence-corrected chi connectivity index (χ0v) is 10.1. The predicted octanol–water partition coefficient (Wildman–Crippen LogP) is 2.76. The molecule has 0 radical (unpaired) electrons. The lowest BCUT2D eigenvalue weighted by Crippen LogP contribution is -2.15. The van der Waals surface area contributed by atoms with Gasteiger partial charge in [-0.05, 0) is 19.1 Å². The van der Waals surface area contributed by atoms with E-state index in [9.17, 15) is 9.59 Å². The number of carbonyl (C=O) groups excluding carboxylic acids is 1. The number of rotatable bonds is 1. The standard InChI is InChI=1S/C11H9BrN2O2/c1-6-9(14-11(12)16)10(15)7-4-2-3-5-8(7)13-6/h2-5H,1H3,(H,13,15)(H,14,16). The van der Waals surface area contributed by atoms with Crippen LogP contribution in [0, 0.1) is 6.92 Å². The molecule has 1 aromatic heterocycles. The van der Waals surface area contributed by atoms with Crippen molar-refractivity contribution in [2.24, 2.45) is 0 Å². The second-order valence-corrected chi connectivity index (χ2v) is 4.12. The molecule has 0 aliphatic rings. The first-order valence-electron chi connectivity index (χ1n) is 4.67. The highest BCUT2D eigenvalue weighted by atomic mass is 79.9. The molecule has 1 amide bonds. The number of hydrogen-bond donors (Lipinski definition) is 2. The van der Waals surface area contributed by atoms with Gasteiger partial charge in [-0.1, -0.05) is 12.1 Å². The minimum Gasteiger partial charge on any atom is -0.357 e. The molecule has 0 atom stereocenters. The summed E-state index contributed by atoms with van der Waals surface area (Å²) in [4.78, 5) is 25.6. The van der Waals surface area contributed by atoms with Gasteiger partial charge in [0.05, 0.1) is 0 Å². The van der Waals surface area contributed by atoms with Crippen LogP contribution >= 0.6 is 15.9 Å². The lowest BCUT2D eigenvalue weighted by atomic mass is 10.1. The number of aryl methyl sites for hydroxylation is 1. The first-order valence-corrected chi connectivity index (χ1v) is 5.47. The fourth-order valence-corrected chi connectivity index (χ4v) is 1.81. The molecular weight excluding hydrogens is 272 g/mol. The number of amides is 1. The van der Waals surface area contributed by atoms with E-state index in [1.165, 1.54) is 0 Å². The molecule has 1 heterocycles. The number of H-pyrrole nitrogens is 1. The van der Waals surface area contributed by atoms with Gasteiger partial charge < -0.3 is 10.3 Å². The van der Waals surface area contributed by atoms with Gasteiger partial charge in [0.1, 0.15) is 5.69 Å². The topological polar surface area (TPSA) is 62.0 Å². The molecule has 2 aromatic rings. The van der Waals surface area contributed by atoms with Crippen molar-refractivity contribution in [3.63, 3.8) is 0 Å². The summed E-state index contributed by atoms with van der Waals surface area (Å²) < 4.78 is 0. The van der Waals surface area contributed by atoms with Crippen molar-refractivity contribution in [3.05, 3.63) is 40.2 Å². The number of anilines is 1. The predicted molar refractivity (Wildman–Crippen MR) is 67.3 cm³/mol. The van der Waals surface area contributed by atoms with Crippen LogP contribution in [0.2, 0.25) is 0 Å². The quantitative estimate of drug-likeness (QED) is 0.623. The number of para-hydroxylation sites is 1. The van der Waals surface area contributed by atoms with Crippen LogP contribution < -0.4 is 10.7 Å². The molecule has 0 saturated heterocycles. The summed E-state index contributed by atoms with van der Waals surface area (Å²) in [5.41, 5.74) is 1.49. The van der Waals surface area contributed by atoms with E-state index >= 15 is 0 Å². The summed E-state index contributed by atoms with van der Waals surface area (Å²) in [6.07, 6.45) is 0. The number of aromatic nitrogens is 1. The van der Waals surface area contributed by atoms with Crippen LogP contribution in [0.15, 0.2) is 29.1 Å². The van der Waals surface area contributed by atoms with E-state index in [1.807, 2.05) is 12.1 Å². The summed E-state index contributed by atoms with van der Waals surface area (Å²) in [5.74, 6) is 0. The van der Waals surface area contributed by atoms with E-state index in [1.54, 1.807) is 19.1 Å². The monoisotopic (exact) mass is 280 g/mol. The highest BCUT2D eigenvalue weighted by Gasteiger charge is 2.09. The molecule has 5 heteroatoms. The van der Waals surface area contributed by atoms with E-state index in [-0.39, 0.29) is 11.1 Å². The first kappa shape index (κ1) is 10.9. The SMILES string of the molecule is Cc1[nH]c2ccccc2c(=O)c1NC(=O)Br.